The standard InChI is InChI=1S/C23H21N5O/c24-22(29)17-6-3-7-18-21(17)26-13-27-23(18)28-20-12-25-11-19(20)16-9-8-14-4-1-2-5-15(14)10-16/h1-10,13,19-20,25H,11-12H2,(H2,24,29)(H,26,27,28)/t19-,20-/m1/s1. The van der Waals surface area contributed by atoms with Crippen molar-refractivity contribution < 1.29 is 4.79 Å². The number of aromatic nitrogens is 2. The van der Waals surface area contributed by atoms with Crippen molar-refractivity contribution in [2.45, 2.75) is 12.0 Å². The number of rotatable bonds is 4. The molecule has 6 nitrogen and oxygen atoms in total. The summed E-state index contributed by atoms with van der Waals surface area (Å²) in [4.78, 5) is 20.5. The van der Waals surface area contributed by atoms with Gasteiger partial charge in [0.2, 0.25) is 0 Å². The number of nitrogens with zero attached hydrogens (tertiary/aromatic N) is 2. The minimum atomic E-state index is -0.489. The fourth-order valence-electron chi connectivity index (χ4n) is 4.20. The molecule has 0 unspecified atom stereocenters. The van der Waals surface area contributed by atoms with Crippen LogP contribution in [0.4, 0.5) is 5.82 Å². The van der Waals surface area contributed by atoms with Crippen LogP contribution in [0.1, 0.15) is 21.8 Å². The van der Waals surface area contributed by atoms with Crippen LogP contribution in [0.2, 0.25) is 0 Å². The minimum Gasteiger partial charge on any atom is -0.366 e. The number of anilines is 1. The van der Waals surface area contributed by atoms with Gasteiger partial charge in [-0.2, -0.15) is 0 Å². The first-order chi connectivity index (χ1) is 14.2. The molecule has 0 radical (unpaired) electrons. The van der Waals surface area contributed by atoms with Crippen LogP contribution < -0.4 is 16.4 Å². The highest BCUT2D eigenvalue weighted by Crippen LogP contribution is 2.30. The van der Waals surface area contributed by atoms with Crippen molar-refractivity contribution >= 4 is 33.4 Å². The summed E-state index contributed by atoms with van der Waals surface area (Å²) >= 11 is 0. The molecule has 1 fully saturated rings. The molecule has 1 amide bonds. The van der Waals surface area contributed by atoms with E-state index in [0.29, 0.717) is 17.0 Å². The average molecular weight is 383 g/mol. The maximum atomic E-state index is 11.7. The molecule has 6 heteroatoms. The summed E-state index contributed by atoms with van der Waals surface area (Å²) in [7, 11) is 0. The fraction of sp³-hybridized carbons (Fsp3) is 0.174. The predicted molar refractivity (Wildman–Crippen MR) is 115 cm³/mol. The molecule has 2 atom stereocenters. The number of nitrogens with one attached hydrogen (secondary N) is 2. The van der Waals surface area contributed by atoms with E-state index in [4.69, 9.17) is 5.73 Å². The van der Waals surface area contributed by atoms with Crippen molar-refractivity contribution in [2.24, 2.45) is 5.73 Å². The zero-order valence-corrected chi connectivity index (χ0v) is 15.8. The third kappa shape index (κ3) is 3.17. The lowest BCUT2D eigenvalue weighted by Crippen LogP contribution is -2.27. The first kappa shape index (κ1) is 17.6. The van der Waals surface area contributed by atoms with Crippen LogP contribution in [-0.4, -0.2) is 35.0 Å². The normalized spacial score (nSPS) is 18.9. The summed E-state index contributed by atoms with van der Waals surface area (Å²) < 4.78 is 0. The van der Waals surface area contributed by atoms with E-state index in [-0.39, 0.29) is 6.04 Å². The molecule has 4 N–H and O–H groups in total. The average Bonchev–Trinajstić information content (AvgIpc) is 3.21. The van der Waals surface area contributed by atoms with E-state index in [9.17, 15) is 4.79 Å². The number of amides is 1. The highest BCUT2D eigenvalue weighted by atomic mass is 16.1. The zero-order valence-electron chi connectivity index (χ0n) is 15.8. The van der Waals surface area contributed by atoms with Gasteiger partial charge in [-0.15, -0.1) is 0 Å². The largest absolute Gasteiger partial charge is 0.366 e. The van der Waals surface area contributed by atoms with Crippen molar-refractivity contribution in [1.82, 2.24) is 15.3 Å². The van der Waals surface area contributed by atoms with Crippen LogP contribution in [-0.2, 0) is 0 Å². The molecular formula is C23H21N5O. The van der Waals surface area contributed by atoms with Gasteiger partial charge in [0, 0.05) is 30.4 Å². The Bertz CT molecular complexity index is 1220. The molecular weight excluding hydrogens is 362 g/mol. The molecule has 1 aromatic heterocycles. The number of primary amides is 1. The van der Waals surface area contributed by atoms with Crippen LogP contribution in [0.5, 0.6) is 0 Å². The van der Waals surface area contributed by atoms with Gasteiger partial charge in [0.05, 0.1) is 11.1 Å². The van der Waals surface area contributed by atoms with E-state index in [0.717, 1.165) is 24.3 Å². The molecule has 5 rings (SSSR count). The molecule has 1 aliphatic heterocycles. The zero-order chi connectivity index (χ0) is 19.8. The molecule has 4 aromatic rings. The molecule has 2 heterocycles. The molecule has 3 aromatic carbocycles. The minimum absolute atomic E-state index is 0.173. The Kier molecular flexibility index (Phi) is 4.33. The Hall–Kier alpha value is -3.51. The number of carbonyl (C=O) groups excluding carboxylic acids is 1. The molecule has 1 aliphatic rings. The molecule has 1 saturated heterocycles. The summed E-state index contributed by atoms with van der Waals surface area (Å²) in [6.07, 6.45) is 1.48. The molecule has 0 saturated carbocycles. The van der Waals surface area contributed by atoms with Gasteiger partial charge in [-0.25, -0.2) is 9.97 Å². The van der Waals surface area contributed by atoms with Gasteiger partial charge >= 0.3 is 0 Å². The molecule has 29 heavy (non-hydrogen) atoms. The quantitative estimate of drug-likeness (QED) is 0.504. The predicted octanol–water partition coefficient (Wildman–Crippen LogP) is 3.05. The van der Waals surface area contributed by atoms with Gasteiger partial charge in [0.25, 0.3) is 5.91 Å². The third-order valence-corrected chi connectivity index (χ3v) is 5.67. The summed E-state index contributed by atoms with van der Waals surface area (Å²) in [5.41, 5.74) is 7.78. The number of fused-ring (bicyclic) bond motifs is 2. The van der Waals surface area contributed by atoms with Crippen LogP contribution in [0, 0.1) is 0 Å². The lowest BCUT2D eigenvalue weighted by atomic mass is 9.92. The summed E-state index contributed by atoms with van der Waals surface area (Å²) in [6, 6.07) is 20.6. The van der Waals surface area contributed by atoms with E-state index < -0.39 is 5.91 Å². The Morgan fingerprint density at radius 1 is 1.00 bits per heavy atom. The summed E-state index contributed by atoms with van der Waals surface area (Å²) in [5.74, 6) is 0.540. The van der Waals surface area contributed by atoms with E-state index >= 15 is 0 Å². The Morgan fingerprint density at radius 2 is 1.86 bits per heavy atom. The third-order valence-electron chi connectivity index (χ3n) is 5.67. The Labute approximate surface area is 168 Å². The van der Waals surface area contributed by atoms with Gasteiger partial charge in [0.1, 0.15) is 12.1 Å². The summed E-state index contributed by atoms with van der Waals surface area (Å²) in [6.45, 7) is 1.73. The monoisotopic (exact) mass is 383 g/mol. The number of hydrogen-bond acceptors (Lipinski definition) is 5. The van der Waals surface area contributed by atoms with Gasteiger partial charge < -0.3 is 16.4 Å². The number of carbonyl (C=O) groups is 1. The van der Waals surface area contributed by atoms with Crippen molar-refractivity contribution in [3.05, 3.63) is 78.1 Å². The van der Waals surface area contributed by atoms with Crippen LogP contribution >= 0.6 is 0 Å². The Balaban J connectivity index is 1.49. The molecule has 144 valence electrons. The van der Waals surface area contributed by atoms with E-state index in [1.165, 1.54) is 22.7 Å². The topological polar surface area (TPSA) is 92.9 Å². The summed E-state index contributed by atoms with van der Waals surface area (Å²) in [5, 5.41) is 10.4. The maximum Gasteiger partial charge on any atom is 0.250 e. The lowest BCUT2D eigenvalue weighted by molar-refractivity contribution is 0.100. The van der Waals surface area contributed by atoms with Crippen molar-refractivity contribution in [1.29, 1.82) is 0 Å². The second kappa shape index (κ2) is 7.14. The fourth-order valence-corrected chi connectivity index (χ4v) is 4.20. The SMILES string of the molecule is NC(=O)c1cccc2c(N[C@@H]3CNC[C@@H]3c3ccc4ccccc4c3)ncnc12. The molecule has 0 spiro atoms. The molecule has 0 aliphatic carbocycles. The highest BCUT2D eigenvalue weighted by molar-refractivity contribution is 6.06. The lowest BCUT2D eigenvalue weighted by Gasteiger charge is -2.22. The van der Waals surface area contributed by atoms with E-state index in [2.05, 4.69) is 63.1 Å². The number of nitrogens with two attached hydrogens (primary N) is 1. The highest BCUT2D eigenvalue weighted by Gasteiger charge is 2.29. The van der Waals surface area contributed by atoms with E-state index in [1.54, 1.807) is 6.07 Å². The van der Waals surface area contributed by atoms with Crippen molar-refractivity contribution in [3.8, 4) is 0 Å². The first-order valence-corrected chi connectivity index (χ1v) is 9.70. The van der Waals surface area contributed by atoms with Gasteiger partial charge in [-0.3, -0.25) is 4.79 Å². The van der Waals surface area contributed by atoms with Gasteiger partial charge in [0.15, 0.2) is 0 Å². The van der Waals surface area contributed by atoms with Crippen LogP contribution in [0.15, 0.2) is 67.0 Å². The second-order valence-electron chi connectivity index (χ2n) is 7.41. The van der Waals surface area contributed by atoms with Crippen molar-refractivity contribution in [2.75, 3.05) is 18.4 Å². The second-order valence-corrected chi connectivity index (χ2v) is 7.41. The smallest absolute Gasteiger partial charge is 0.250 e. The van der Waals surface area contributed by atoms with Gasteiger partial charge in [-0.1, -0.05) is 48.5 Å². The Morgan fingerprint density at radius 3 is 2.72 bits per heavy atom. The first-order valence-electron chi connectivity index (χ1n) is 9.70. The van der Waals surface area contributed by atoms with Gasteiger partial charge in [-0.05, 0) is 28.5 Å². The molecule has 0 bridgehead atoms. The number of hydrogen-bond donors (Lipinski definition) is 3. The van der Waals surface area contributed by atoms with Crippen LogP contribution in [0.25, 0.3) is 21.7 Å². The number of para-hydroxylation sites is 1. The van der Waals surface area contributed by atoms with E-state index in [1.807, 2.05) is 12.1 Å². The maximum absolute atomic E-state index is 11.7. The number of benzene rings is 3. The van der Waals surface area contributed by atoms with Crippen LogP contribution in [0.3, 0.4) is 0 Å². The van der Waals surface area contributed by atoms with Crippen molar-refractivity contribution in [3.63, 3.8) is 0 Å².